The molecule has 0 fully saturated rings. The van der Waals surface area contributed by atoms with E-state index in [2.05, 4.69) is 4.98 Å². The highest BCUT2D eigenvalue weighted by atomic mass is 16.3. The molecule has 1 aliphatic rings. The quantitative estimate of drug-likeness (QED) is 0.755. The molecule has 7 nitrogen and oxygen atoms in total. The normalized spacial score (nSPS) is 17.5. The van der Waals surface area contributed by atoms with Crippen LogP contribution in [0.15, 0.2) is 64.7 Å². The number of carbonyl (C=O) groups is 2. The number of likely N-dealkylation sites (N-methyl/N-ethyl adjacent to an activating group) is 1. The topological polar surface area (TPSA) is 86.9 Å². The van der Waals surface area contributed by atoms with Gasteiger partial charge >= 0.3 is 0 Å². The summed E-state index contributed by atoms with van der Waals surface area (Å²) >= 11 is 0. The first kappa shape index (κ1) is 18.6. The Bertz CT molecular complexity index is 870. The van der Waals surface area contributed by atoms with Crippen LogP contribution in [-0.2, 0) is 9.59 Å². The highest BCUT2D eigenvalue weighted by Gasteiger charge is 2.42. The first-order chi connectivity index (χ1) is 13.0. The van der Waals surface area contributed by atoms with Crippen molar-refractivity contribution in [3.63, 3.8) is 0 Å². The van der Waals surface area contributed by atoms with Crippen molar-refractivity contribution >= 4 is 17.8 Å². The monoisotopic (exact) mass is 367 g/mol. The number of furan rings is 1. The number of rotatable bonds is 7. The van der Waals surface area contributed by atoms with Crippen LogP contribution in [0.3, 0.4) is 0 Å². The Kier molecular flexibility index (Phi) is 5.52. The number of hydrogen-bond donors (Lipinski definition) is 1. The number of hydrogen-bond acceptors (Lipinski definition) is 6. The van der Waals surface area contributed by atoms with Gasteiger partial charge in [0.25, 0.3) is 5.91 Å². The molecule has 3 rings (SSSR count). The van der Waals surface area contributed by atoms with Gasteiger partial charge in [-0.2, -0.15) is 0 Å². The van der Waals surface area contributed by atoms with Crippen LogP contribution >= 0.6 is 0 Å². The molecule has 140 valence electrons. The van der Waals surface area contributed by atoms with E-state index in [1.165, 1.54) is 23.3 Å². The molecule has 2 aromatic rings. The number of amides is 1. The minimum absolute atomic E-state index is 0.0505. The van der Waals surface area contributed by atoms with E-state index in [-0.39, 0.29) is 5.57 Å². The fourth-order valence-corrected chi connectivity index (χ4v) is 2.96. The minimum Gasteiger partial charge on any atom is -0.503 e. The number of pyridine rings is 1. The number of nitrogens with zero attached hydrogens (tertiary/aromatic N) is 3. The summed E-state index contributed by atoms with van der Waals surface area (Å²) in [5, 5.41) is 10.4. The van der Waals surface area contributed by atoms with Crippen molar-refractivity contribution in [1.29, 1.82) is 0 Å². The van der Waals surface area contributed by atoms with Crippen molar-refractivity contribution in [3.8, 4) is 0 Å². The van der Waals surface area contributed by atoms with E-state index < -0.39 is 23.5 Å². The van der Waals surface area contributed by atoms with Crippen LogP contribution < -0.4 is 0 Å². The first-order valence-corrected chi connectivity index (χ1v) is 8.53. The number of ketones is 1. The lowest BCUT2D eigenvalue weighted by Gasteiger charge is -2.27. The van der Waals surface area contributed by atoms with Crippen molar-refractivity contribution in [2.24, 2.45) is 0 Å². The fourth-order valence-electron chi connectivity index (χ4n) is 2.96. The lowest BCUT2D eigenvalue weighted by atomic mass is 9.97. The molecule has 1 atom stereocenters. The second-order valence-corrected chi connectivity index (χ2v) is 6.47. The van der Waals surface area contributed by atoms with Gasteiger partial charge in [0.05, 0.1) is 17.9 Å². The van der Waals surface area contributed by atoms with Gasteiger partial charge in [0, 0.05) is 25.5 Å². The molecule has 2 aromatic heterocycles. The first-order valence-electron chi connectivity index (χ1n) is 8.53. The highest BCUT2D eigenvalue weighted by molar-refractivity contribution is 6.14. The van der Waals surface area contributed by atoms with Gasteiger partial charge in [-0.25, -0.2) is 0 Å². The van der Waals surface area contributed by atoms with E-state index in [4.69, 9.17) is 4.42 Å². The lowest BCUT2D eigenvalue weighted by Crippen LogP contribution is -2.36. The van der Waals surface area contributed by atoms with Crippen LogP contribution in [0.5, 0.6) is 0 Å². The van der Waals surface area contributed by atoms with Gasteiger partial charge in [-0.05, 0) is 50.0 Å². The maximum Gasteiger partial charge on any atom is 0.290 e. The van der Waals surface area contributed by atoms with Crippen molar-refractivity contribution in [2.75, 3.05) is 27.2 Å². The molecule has 0 aromatic carbocycles. The maximum absolute atomic E-state index is 12.8. The summed E-state index contributed by atoms with van der Waals surface area (Å²) in [6.07, 6.45) is 7.53. The molecule has 0 saturated carbocycles. The van der Waals surface area contributed by atoms with Crippen LogP contribution in [0, 0.1) is 0 Å². The Morgan fingerprint density at radius 1 is 1.37 bits per heavy atom. The Morgan fingerprint density at radius 2 is 2.19 bits per heavy atom. The van der Waals surface area contributed by atoms with Gasteiger partial charge in [-0.1, -0.05) is 6.07 Å². The average molecular weight is 367 g/mol. The summed E-state index contributed by atoms with van der Waals surface area (Å²) in [4.78, 5) is 33.0. The molecule has 0 aliphatic carbocycles. The number of aliphatic hydroxyl groups excluding tert-OH is 1. The van der Waals surface area contributed by atoms with Crippen molar-refractivity contribution in [3.05, 3.63) is 71.7 Å². The van der Waals surface area contributed by atoms with Gasteiger partial charge in [-0.3, -0.25) is 14.6 Å². The van der Waals surface area contributed by atoms with E-state index >= 15 is 0 Å². The summed E-state index contributed by atoms with van der Waals surface area (Å²) in [5.74, 6) is -1.01. The summed E-state index contributed by atoms with van der Waals surface area (Å²) in [5.41, 5.74) is 0.720. The van der Waals surface area contributed by atoms with Crippen molar-refractivity contribution in [2.45, 2.75) is 6.04 Å². The second-order valence-electron chi connectivity index (χ2n) is 6.47. The summed E-state index contributed by atoms with van der Waals surface area (Å²) in [6.45, 7) is 0.966. The average Bonchev–Trinajstić information content (AvgIpc) is 3.26. The van der Waals surface area contributed by atoms with E-state index in [0.29, 0.717) is 24.4 Å². The molecule has 27 heavy (non-hydrogen) atoms. The smallest absolute Gasteiger partial charge is 0.290 e. The zero-order valence-electron chi connectivity index (χ0n) is 15.2. The summed E-state index contributed by atoms with van der Waals surface area (Å²) in [7, 11) is 3.79. The predicted octanol–water partition coefficient (Wildman–Crippen LogP) is 2.21. The Labute approximate surface area is 157 Å². The largest absolute Gasteiger partial charge is 0.503 e. The number of aliphatic hydroxyl groups is 1. The molecule has 1 N–H and O–H groups in total. The standard InChI is InChI=1S/C20H21N3O4/c1-22(2)10-11-23-18(14-5-3-9-21-13-14)17(19(25)20(23)26)16(24)8-7-15-6-4-12-27-15/h3-9,12-13,18,25H,10-11H2,1-2H3/b8-7+/t18-/m1/s1. The van der Waals surface area contributed by atoms with Gasteiger partial charge < -0.3 is 19.3 Å². The number of carbonyl (C=O) groups excluding carboxylic acids is 2. The third kappa shape index (κ3) is 3.98. The van der Waals surface area contributed by atoms with E-state index in [9.17, 15) is 14.7 Å². The molecule has 0 radical (unpaired) electrons. The molecular formula is C20H21N3O4. The SMILES string of the molecule is CN(C)CCN1C(=O)C(O)=C(C(=O)/C=C/c2ccco2)[C@H]1c1cccnc1. The fraction of sp³-hybridized carbons (Fsp3) is 0.250. The van der Waals surface area contributed by atoms with Crippen LogP contribution in [0.4, 0.5) is 0 Å². The number of allylic oxidation sites excluding steroid dienone is 1. The van der Waals surface area contributed by atoms with Crippen molar-refractivity contribution in [1.82, 2.24) is 14.8 Å². The van der Waals surface area contributed by atoms with Crippen LogP contribution in [0.2, 0.25) is 0 Å². The summed E-state index contributed by atoms with van der Waals surface area (Å²) < 4.78 is 5.18. The maximum atomic E-state index is 12.8. The third-order valence-corrected chi connectivity index (χ3v) is 4.30. The van der Waals surface area contributed by atoms with Crippen molar-refractivity contribution < 1.29 is 19.1 Å². The zero-order chi connectivity index (χ0) is 19.4. The van der Waals surface area contributed by atoms with Gasteiger partial charge in [-0.15, -0.1) is 0 Å². The lowest BCUT2D eigenvalue weighted by molar-refractivity contribution is -0.129. The predicted molar refractivity (Wildman–Crippen MR) is 99.6 cm³/mol. The van der Waals surface area contributed by atoms with Gasteiger partial charge in [0.15, 0.2) is 11.5 Å². The Morgan fingerprint density at radius 3 is 2.81 bits per heavy atom. The van der Waals surface area contributed by atoms with Crippen LogP contribution in [0.25, 0.3) is 6.08 Å². The number of aromatic nitrogens is 1. The summed E-state index contributed by atoms with van der Waals surface area (Å²) in [6, 6.07) is 6.26. The molecule has 0 bridgehead atoms. The molecule has 1 amide bonds. The third-order valence-electron chi connectivity index (χ3n) is 4.30. The molecule has 1 aliphatic heterocycles. The minimum atomic E-state index is -0.681. The second kappa shape index (κ2) is 8.01. The molecule has 0 unspecified atom stereocenters. The van der Waals surface area contributed by atoms with E-state index in [0.717, 1.165) is 0 Å². The van der Waals surface area contributed by atoms with Crippen LogP contribution in [0.1, 0.15) is 17.4 Å². The molecule has 3 heterocycles. The Hall–Kier alpha value is -3.19. The Balaban J connectivity index is 1.95. The van der Waals surface area contributed by atoms with E-state index in [1.807, 2.05) is 19.0 Å². The molecule has 0 saturated heterocycles. The highest BCUT2D eigenvalue weighted by Crippen LogP contribution is 2.37. The van der Waals surface area contributed by atoms with Crippen LogP contribution in [-0.4, -0.2) is 58.8 Å². The van der Waals surface area contributed by atoms with Gasteiger partial charge in [0.2, 0.25) is 0 Å². The molecular weight excluding hydrogens is 346 g/mol. The zero-order valence-corrected chi connectivity index (χ0v) is 15.2. The molecule has 0 spiro atoms. The van der Waals surface area contributed by atoms with E-state index in [1.54, 1.807) is 36.7 Å². The van der Waals surface area contributed by atoms with Gasteiger partial charge in [0.1, 0.15) is 5.76 Å². The molecule has 7 heteroatoms.